The summed E-state index contributed by atoms with van der Waals surface area (Å²) < 4.78 is 0. The summed E-state index contributed by atoms with van der Waals surface area (Å²) in [5, 5.41) is 9.94. The van der Waals surface area contributed by atoms with Crippen LogP contribution in [0.25, 0.3) is 0 Å². The molecule has 0 aliphatic heterocycles. The molecule has 0 aromatic heterocycles. The lowest BCUT2D eigenvalue weighted by Gasteiger charge is -2.33. The van der Waals surface area contributed by atoms with Crippen molar-refractivity contribution in [3.63, 3.8) is 0 Å². The smallest absolute Gasteiger partial charge is 0.0568 e. The lowest BCUT2D eigenvalue weighted by Crippen LogP contribution is -2.29. The number of aliphatic hydroxyl groups excluding tert-OH is 1. The first-order valence-electron chi connectivity index (χ1n) is 6.46. The third-order valence-electron chi connectivity index (χ3n) is 3.69. The zero-order valence-electron chi connectivity index (χ0n) is 10.3. The first-order chi connectivity index (χ1) is 7.13. The van der Waals surface area contributed by atoms with Gasteiger partial charge in [-0.3, -0.25) is 0 Å². The fraction of sp³-hybridized carbons (Fsp3) is 0.857. The first-order valence-corrected chi connectivity index (χ1v) is 6.46. The van der Waals surface area contributed by atoms with Crippen molar-refractivity contribution in [3.05, 3.63) is 12.2 Å². The molecule has 0 spiro atoms. The van der Waals surface area contributed by atoms with E-state index in [2.05, 4.69) is 20.4 Å². The molecule has 0 bridgehead atoms. The highest BCUT2D eigenvalue weighted by atomic mass is 16.3. The molecule has 0 aromatic rings. The Balaban J connectivity index is 2.35. The predicted molar refractivity (Wildman–Crippen MR) is 65.8 cm³/mol. The fourth-order valence-electron chi connectivity index (χ4n) is 2.76. The van der Waals surface area contributed by atoms with Crippen LogP contribution in [-0.2, 0) is 0 Å². The maximum absolute atomic E-state index is 9.94. The van der Waals surface area contributed by atoms with E-state index in [9.17, 15) is 5.11 Å². The summed E-state index contributed by atoms with van der Waals surface area (Å²) in [4.78, 5) is 0. The van der Waals surface area contributed by atoms with Crippen molar-refractivity contribution in [1.82, 2.24) is 0 Å². The molecule has 1 aliphatic rings. The Hall–Kier alpha value is -0.300. The molecule has 3 unspecified atom stereocenters. The minimum absolute atomic E-state index is 0.0440. The topological polar surface area (TPSA) is 20.2 Å². The van der Waals surface area contributed by atoms with Crippen molar-refractivity contribution < 1.29 is 5.11 Å². The summed E-state index contributed by atoms with van der Waals surface area (Å²) in [6.45, 7) is 8.28. The molecular formula is C14H26O. The molecular weight excluding hydrogens is 184 g/mol. The van der Waals surface area contributed by atoms with E-state index in [4.69, 9.17) is 0 Å². The Morgan fingerprint density at radius 3 is 2.67 bits per heavy atom. The Kier molecular flexibility index (Phi) is 5.38. The molecule has 1 heteroatoms. The molecule has 3 atom stereocenters. The molecule has 0 saturated heterocycles. The van der Waals surface area contributed by atoms with Crippen LogP contribution in [0.5, 0.6) is 0 Å². The second-order valence-electron chi connectivity index (χ2n) is 5.29. The van der Waals surface area contributed by atoms with Crippen LogP contribution in [0.15, 0.2) is 12.2 Å². The number of aliphatic hydroxyl groups is 1. The Morgan fingerprint density at radius 1 is 1.33 bits per heavy atom. The highest BCUT2D eigenvalue weighted by Crippen LogP contribution is 2.35. The van der Waals surface area contributed by atoms with E-state index in [1.165, 1.54) is 31.3 Å². The lowest BCUT2D eigenvalue weighted by atomic mass is 9.75. The van der Waals surface area contributed by atoms with Crippen LogP contribution in [0, 0.1) is 11.8 Å². The molecule has 88 valence electrons. The standard InChI is InChI=1S/C14H26O/c1-4-5-12-7-9-14(15)13(10-12)8-6-11(2)3/h12-15H,2,4-10H2,1,3H3. The van der Waals surface area contributed by atoms with E-state index in [0.29, 0.717) is 5.92 Å². The van der Waals surface area contributed by atoms with Crippen LogP contribution in [0.2, 0.25) is 0 Å². The minimum Gasteiger partial charge on any atom is -0.393 e. The Morgan fingerprint density at radius 2 is 2.07 bits per heavy atom. The average Bonchev–Trinajstić information content (AvgIpc) is 2.19. The van der Waals surface area contributed by atoms with Crippen LogP contribution in [0.3, 0.4) is 0 Å². The van der Waals surface area contributed by atoms with E-state index in [0.717, 1.165) is 25.2 Å². The van der Waals surface area contributed by atoms with Crippen LogP contribution in [0.1, 0.15) is 58.8 Å². The molecule has 0 heterocycles. The summed E-state index contributed by atoms with van der Waals surface area (Å²) in [5.41, 5.74) is 1.25. The maximum atomic E-state index is 9.94. The summed E-state index contributed by atoms with van der Waals surface area (Å²) in [7, 11) is 0. The van der Waals surface area contributed by atoms with E-state index in [1.54, 1.807) is 0 Å². The summed E-state index contributed by atoms with van der Waals surface area (Å²) in [6, 6.07) is 0. The van der Waals surface area contributed by atoms with Gasteiger partial charge < -0.3 is 5.11 Å². The molecule has 0 amide bonds. The van der Waals surface area contributed by atoms with Gasteiger partial charge in [0.05, 0.1) is 6.10 Å². The fourth-order valence-corrected chi connectivity index (χ4v) is 2.76. The van der Waals surface area contributed by atoms with Gasteiger partial charge in [0.25, 0.3) is 0 Å². The van der Waals surface area contributed by atoms with Crippen LogP contribution < -0.4 is 0 Å². The molecule has 1 rings (SSSR count). The monoisotopic (exact) mass is 210 g/mol. The highest BCUT2D eigenvalue weighted by Gasteiger charge is 2.28. The van der Waals surface area contributed by atoms with Gasteiger partial charge in [-0.2, -0.15) is 0 Å². The zero-order chi connectivity index (χ0) is 11.3. The van der Waals surface area contributed by atoms with Gasteiger partial charge in [0.2, 0.25) is 0 Å². The molecule has 0 aromatic carbocycles. The third-order valence-corrected chi connectivity index (χ3v) is 3.69. The minimum atomic E-state index is -0.0440. The Bertz CT molecular complexity index is 198. The first kappa shape index (κ1) is 12.8. The van der Waals surface area contributed by atoms with E-state index in [1.807, 2.05) is 0 Å². The Labute approximate surface area is 94.6 Å². The molecule has 1 fully saturated rings. The van der Waals surface area contributed by atoms with Crippen molar-refractivity contribution in [2.45, 2.75) is 64.9 Å². The van der Waals surface area contributed by atoms with Gasteiger partial charge in [0, 0.05) is 0 Å². The summed E-state index contributed by atoms with van der Waals surface area (Å²) in [6.07, 6.45) is 8.30. The van der Waals surface area contributed by atoms with Gasteiger partial charge in [0.1, 0.15) is 0 Å². The van der Waals surface area contributed by atoms with Crippen molar-refractivity contribution in [2.24, 2.45) is 11.8 Å². The SMILES string of the molecule is C=C(C)CCC1CC(CCC)CCC1O. The molecule has 1 saturated carbocycles. The molecule has 1 nitrogen and oxygen atoms in total. The second kappa shape index (κ2) is 6.32. The van der Waals surface area contributed by atoms with Gasteiger partial charge in [-0.1, -0.05) is 25.3 Å². The van der Waals surface area contributed by atoms with Gasteiger partial charge in [-0.15, -0.1) is 6.58 Å². The van der Waals surface area contributed by atoms with Crippen molar-refractivity contribution in [1.29, 1.82) is 0 Å². The van der Waals surface area contributed by atoms with Gasteiger partial charge in [-0.25, -0.2) is 0 Å². The number of allylic oxidation sites excluding steroid dienone is 1. The van der Waals surface area contributed by atoms with Crippen LogP contribution >= 0.6 is 0 Å². The predicted octanol–water partition coefficient (Wildman–Crippen LogP) is 3.92. The normalized spacial score (nSPS) is 31.5. The zero-order valence-corrected chi connectivity index (χ0v) is 10.3. The number of hydrogen-bond donors (Lipinski definition) is 1. The van der Waals surface area contributed by atoms with Crippen molar-refractivity contribution in [2.75, 3.05) is 0 Å². The molecule has 1 N–H and O–H groups in total. The van der Waals surface area contributed by atoms with E-state index < -0.39 is 0 Å². The molecule has 1 aliphatic carbocycles. The van der Waals surface area contributed by atoms with E-state index >= 15 is 0 Å². The van der Waals surface area contributed by atoms with Crippen molar-refractivity contribution >= 4 is 0 Å². The average molecular weight is 210 g/mol. The van der Waals surface area contributed by atoms with Gasteiger partial charge in [0.15, 0.2) is 0 Å². The van der Waals surface area contributed by atoms with Gasteiger partial charge in [-0.05, 0) is 50.9 Å². The largest absolute Gasteiger partial charge is 0.393 e. The maximum Gasteiger partial charge on any atom is 0.0568 e. The molecule has 15 heavy (non-hydrogen) atoms. The highest BCUT2D eigenvalue weighted by molar-refractivity contribution is 4.90. The third kappa shape index (κ3) is 4.38. The quantitative estimate of drug-likeness (QED) is 0.682. The van der Waals surface area contributed by atoms with Gasteiger partial charge >= 0.3 is 0 Å². The lowest BCUT2D eigenvalue weighted by molar-refractivity contribution is 0.0421. The van der Waals surface area contributed by atoms with Crippen LogP contribution in [0.4, 0.5) is 0 Å². The summed E-state index contributed by atoms with van der Waals surface area (Å²) >= 11 is 0. The number of hydrogen-bond acceptors (Lipinski definition) is 1. The van der Waals surface area contributed by atoms with Crippen molar-refractivity contribution in [3.8, 4) is 0 Å². The molecule has 0 radical (unpaired) electrons. The number of rotatable bonds is 5. The summed E-state index contributed by atoms with van der Waals surface area (Å²) in [5.74, 6) is 1.40. The second-order valence-corrected chi connectivity index (χ2v) is 5.29. The van der Waals surface area contributed by atoms with Crippen LogP contribution in [-0.4, -0.2) is 11.2 Å². The van der Waals surface area contributed by atoms with E-state index in [-0.39, 0.29) is 6.10 Å².